The van der Waals surface area contributed by atoms with Crippen molar-refractivity contribution in [1.82, 2.24) is 10.2 Å². The maximum absolute atomic E-state index is 11.5. The second-order valence-corrected chi connectivity index (χ2v) is 3.73. The summed E-state index contributed by atoms with van der Waals surface area (Å²) in [5.41, 5.74) is 10.3. The number of likely N-dealkylation sites (N-methyl/N-ethyl adjacent to an activating group) is 1. The maximum atomic E-state index is 11.5. The molecule has 0 saturated carbocycles. The number of carbonyl (C=O) groups excluding carboxylic acids is 1. The van der Waals surface area contributed by atoms with Gasteiger partial charge >= 0.3 is 0 Å². The summed E-state index contributed by atoms with van der Waals surface area (Å²) in [7, 11) is 1.66. The Kier molecular flexibility index (Phi) is 3.84. The zero-order chi connectivity index (χ0) is 11.4. The van der Waals surface area contributed by atoms with E-state index in [0.717, 1.165) is 6.42 Å². The van der Waals surface area contributed by atoms with E-state index in [1.54, 1.807) is 7.05 Å². The zero-order valence-electron chi connectivity index (χ0n) is 8.56. The molecule has 1 atom stereocenters. The van der Waals surface area contributed by atoms with Gasteiger partial charge in [0, 0.05) is 13.6 Å². The van der Waals surface area contributed by atoms with Crippen LogP contribution in [0.2, 0.25) is 0 Å². The number of hydrogen-bond donors (Lipinski definition) is 3. The number of rotatable bonds is 4. The lowest BCUT2D eigenvalue weighted by atomic mass is 10.1. The summed E-state index contributed by atoms with van der Waals surface area (Å²) >= 11 is 4.94. The van der Waals surface area contributed by atoms with Gasteiger partial charge in [0.05, 0.1) is 0 Å². The Morgan fingerprint density at radius 1 is 1.67 bits per heavy atom. The minimum atomic E-state index is -0.225. The Labute approximate surface area is 93.7 Å². The van der Waals surface area contributed by atoms with Crippen LogP contribution >= 0.6 is 12.2 Å². The highest BCUT2D eigenvalue weighted by Gasteiger charge is 2.31. The van der Waals surface area contributed by atoms with Gasteiger partial charge in [0.1, 0.15) is 6.04 Å². The van der Waals surface area contributed by atoms with Crippen LogP contribution in [0.15, 0.2) is 4.99 Å². The van der Waals surface area contributed by atoms with E-state index >= 15 is 0 Å². The lowest BCUT2D eigenvalue weighted by Crippen LogP contribution is -2.29. The molecule has 1 unspecified atom stereocenters. The third kappa shape index (κ3) is 3.05. The fourth-order valence-corrected chi connectivity index (χ4v) is 1.57. The van der Waals surface area contributed by atoms with Gasteiger partial charge < -0.3 is 16.8 Å². The highest BCUT2D eigenvalue weighted by atomic mass is 32.1. The third-order valence-corrected chi connectivity index (χ3v) is 2.57. The fourth-order valence-electron chi connectivity index (χ4n) is 1.34. The molecule has 0 spiro atoms. The number of nitrogens with two attached hydrogens (primary N) is 2. The lowest BCUT2D eigenvalue weighted by Gasteiger charge is -2.06. The largest absolute Gasteiger partial charge is 0.370 e. The Bertz CT molecular complexity index is 299. The van der Waals surface area contributed by atoms with Gasteiger partial charge in [0.2, 0.25) is 0 Å². The third-order valence-electron chi connectivity index (χ3n) is 2.18. The van der Waals surface area contributed by atoms with Gasteiger partial charge in [-0.25, -0.2) is 0 Å². The summed E-state index contributed by atoms with van der Waals surface area (Å²) in [5.74, 6) is 0.0815. The summed E-state index contributed by atoms with van der Waals surface area (Å²) < 4.78 is 0. The molecule has 84 valence electrons. The number of guanidine groups is 1. The molecular weight excluding hydrogens is 214 g/mol. The van der Waals surface area contributed by atoms with Gasteiger partial charge in [0.15, 0.2) is 11.1 Å². The van der Waals surface area contributed by atoms with Crippen molar-refractivity contribution in [1.29, 1.82) is 0 Å². The molecule has 0 aromatic rings. The van der Waals surface area contributed by atoms with Crippen LogP contribution in [0, 0.1) is 0 Å². The minimum absolute atomic E-state index is 0.00435. The van der Waals surface area contributed by atoms with Crippen LogP contribution in [0.25, 0.3) is 0 Å². The van der Waals surface area contributed by atoms with Crippen LogP contribution < -0.4 is 16.8 Å². The Hall–Kier alpha value is -1.37. The Morgan fingerprint density at radius 2 is 2.33 bits per heavy atom. The van der Waals surface area contributed by atoms with E-state index in [2.05, 4.69) is 10.3 Å². The van der Waals surface area contributed by atoms with Crippen molar-refractivity contribution >= 4 is 29.2 Å². The first-order valence-electron chi connectivity index (χ1n) is 4.66. The average molecular weight is 229 g/mol. The normalized spacial score (nSPS) is 20.3. The zero-order valence-corrected chi connectivity index (χ0v) is 9.38. The molecule has 0 radical (unpaired) electrons. The van der Waals surface area contributed by atoms with Crippen molar-refractivity contribution < 1.29 is 4.79 Å². The lowest BCUT2D eigenvalue weighted by molar-refractivity contribution is -0.126. The predicted octanol–water partition coefficient (Wildman–Crippen LogP) is -1.24. The molecule has 6 nitrogen and oxygen atoms in total. The molecule has 1 aliphatic rings. The van der Waals surface area contributed by atoms with E-state index in [1.807, 2.05) is 0 Å². The van der Waals surface area contributed by atoms with E-state index in [4.69, 9.17) is 23.7 Å². The number of nitrogens with zero attached hydrogens (tertiary/aromatic N) is 2. The van der Waals surface area contributed by atoms with E-state index in [9.17, 15) is 4.79 Å². The first kappa shape index (κ1) is 11.7. The first-order valence-corrected chi connectivity index (χ1v) is 5.06. The molecule has 5 N–H and O–H groups in total. The number of thiocarbonyl (C=S) groups is 1. The summed E-state index contributed by atoms with van der Waals surface area (Å²) in [6, 6.07) is -0.225. The van der Waals surface area contributed by atoms with Gasteiger partial charge in [-0.15, -0.1) is 0 Å². The van der Waals surface area contributed by atoms with Crippen LogP contribution in [0.5, 0.6) is 0 Å². The molecule has 15 heavy (non-hydrogen) atoms. The molecule has 1 saturated heterocycles. The van der Waals surface area contributed by atoms with Crippen LogP contribution in [-0.2, 0) is 4.79 Å². The Balaban J connectivity index is 2.32. The van der Waals surface area contributed by atoms with Gasteiger partial charge in [0.25, 0.3) is 5.91 Å². The monoisotopic (exact) mass is 229 g/mol. The van der Waals surface area contributed by atoms with Gasteiger partial charge in [-0.3, -0.25) is 14.7 Å². The molecule has 1 aliphatic heterocycles. The van der Waals surface area contributed by atoms with Crippen molar-refractivity contribution in [2.75, 3.05) is 13.6 Å². The van der Waals surface area contributed by atoms with E-state index < -0.39 is 0 Å². The second-order valence-electron chi connectivity index (χ2n) is 3.35. The van der Waals surface area contributed by atoms with Crippen LogP contribution in [0.3, 0.4) is 0 Å². The summed E-state index contributed by atoms with van der Waals surface area (Å²) in [6.45, 7) is 0.532. The van der Waals surface area contributed by atoms with Crippen LogP contribution in [0.4, 0.5) is 0 Å². The van der Waals surface area contributed by atoms with Crippen LogP contribution in [-0.4, -0.2) is 41.5 Å². The number of aliphatic imine (C=N–C) groups is 1. The van der Waals surface area contributed by atoms with Gasteiger partial charge in [-0.2, -0.15) is 0 Å². The van der Waals surface area contributed by atoms with Crippen LogP contribution in [0.1, 0.15) is 12.8 Å². The molecule has 1 fully saturated rings. The molecule has 0 aromatic carbocycles. The first-order chi connectivity index (χ1) is 7.02. The minimum Gasteiger partial charge on any atom is -0.370 e. The number of hydrogen-bond acceptors (Lipinski definition) is 3. The van der Waals surface area contributed by atoms with E-state index in [1.165, 1.54) is 4.90 Å². The van der Waals surface area contributed by atoms with Crippen molar-refractivity contribution in [2.45, 2.75) is 18.9 Å². The fraction of sp³-hybridized carbons (Fsp3) is 0.625. The average Bonchev–Trinajstić information content (AvgIpc) is 2.41. The maximum Gasteiger partial charge on any atom is 0.251 e. The van der Waals surface area contributed by atoms with Crippen molar-refractivity contribution in [3.8, 4) is 0 Å². The van der Waals surface area contributed by atoms with Crippen molar-refractivity contribution in [2.24, 2.45) is 16.5 Å². The molecule has 0 aliphatic carbocycles. The number of amides is 1. The summed E-state index contributed by atoms with van der Waals surface area (Å²) in [5, 5.41) is 3.42. The number of carbonyl (C=O) groups is 1. The smallest absolute Gasteiger partial charge is 0.251 e. The predicted molar refractivity (Wildman–Crippen MR) is 62.2 cm³/mol. The molecule has 7 heteroatoms. The number of nitrogens with one attached hydrogen (secondary N) is 1. The topological polar surface area (TPSA) is 96.7 Å². The quantitative estimate of drug-likeness (QED) is 0.242. The molecular formula is C8H15N5OS. The molecule has 0 aromatic heterocycles. The highest BCUT2D eigenvalue weighted by molar-refractivity contribution is 7.80. The summed E-state index contributed by atoms with van der Waals surface area (Å²) in [6.07, 6.45) is 1.43. The van der Waals surface area contributed by atoms with Crippen molar-refractivity contribution in [3.63, 3.8) is 0 Å². The van der Waals surface area contributed by atoms with Crippen molar-refractivity contribution in [3.05, 3.63) is 0 Å². The second kappa shape index (κ2) is 4.92. The highest BCUT2D eigenvalue weighted by Crippen LogP contribution is 2.09. The van der Waals surface area contributed by atoms with Gasteiger partial charge in [-0.05, 0) is 25.1 Å². The molecule has 1 amide bonds. The van der Waals surface area contributed by atoms with Gasteiger partial charge in [-0.1, -0.05) is 0 Å². The Morgan fingerprint density at radius 3 is 2.80 bits per heavy atom. The molecule has 1 rings (SSSR count). The summed E-state index contributed by atoms with van der Waals surface area (Å²) in [4.78, 5) is 16.8. The SMILES string of the molecule is CN1C(=O)C(CCCN=C(N)N)NC1=S. The standard InChI is InChI=1S/C8H15N5OS/c1-13-6(14)5(12-8(13)15)3-2-4-11-7(9)10/h5H,2-4H2,1H3,(H,12,15)(H4,9,10,11). The van der Waals surface area contributed by atoms with E-state index in [-0.39, 0.29) is 17.9 Å². The molecule has 1 heterocycles. The van der Waals surface area contributed by atoms with E-state index in [0.29, 0.717) is 18.1 Å². The molecule has 0 bridgehead atoms.